The highest BCUT2D eigenvalue weighted by atomic mass is 16.6. The summed E-state index contributed by atoms with van der Waals surface area (Å²) in [5.74, 6) is 0.402. The molecule has 0 bridgehead atoms. The molecule has 5 nitrogen and oxygen atoms in total. The van der Waals surface area contributed by atoms with Crippen molar-refractivity contribution in [2.45, 2.75) is 123 Å². The number of esters is 1. The number of hydrogen-bond acceptors (Lipinski definition) is 5. The lowest BCUT2D eigenvalue weighted by Crippen LogP contribution is -2.28. The molecule has 0 saturated heterocycles. The molecule has 0 aromatic heterocycles. The second-order valence-corrected chi connectivity index (χ2v) is 13.1. The van der Waals surface area contributed by atoms with Crippen LogP contribution in [0, 0.1) is 6.92 Å². The van der Waals surface area contributed by atoms with E-state index in [2.05, 4.69) is 57.2 Å². The molecule has 0 spiro atoms. The molecular formula is C36H52O5. The number of carbonyl (C=O) groups is 2. The van der Waals surface area contributed by atoms with Crippen molar-refractivity contribution < 1.29 is 23.8 Å². The maximum atomic E-state index is 12.4. The zero-order chi connectivity index (χ0) is 30.0. The van der Waals surface area contributed by atoms with Gasteiger partial charge in [-0.2, -0.15) is 0 Å². The van der Waals surface area contributed by atoms with E-state index in [-0.39, 0.29) is 17.5 Å². The van der Waals surface area contributed by atoms with Crippen molar-refractivity contribution in [1.82, 2.24) is 0 Å². The van der Waals surface area contributed by atoms with E-state index < -0.39 is 5.60 Å². The summed E-state index contributed by atoms with van der Waals surface area (Å²) in [4.78, 5) is 24.2. The summed E-state index contributed by atoms with van der Waals surface area (Å²) in [5.41, 5.74) is 4.58. The Bertz CT molecular complexity index is 1200. The van der Waals surface area contributed by atoms with Gasteiger partial charge in [0.2, 0.25) is 0 Å². The van der Waals surface area contributed by atoms with Crippen LogP contribution in [0.1, 0.15) is 122 Å². The zero-order valence-corrected chi connectivity index (χ0v) is 26.6. The summed E-state index contributed by atoms with van der Waals surface area (Å²) in [5, 5.41) is 2.59. The Balaban J connectivity index is 1.44. The minimum absolute atomic E-state index is 0.140. The van der Waals surface area contributed by atoms with E-state index in [4.69, 9.17) is 14.2 Å². The van der Waals surface area contributed by atoms with E-state index in [1.807, 2.05) is 27.7 Å². The summed E-state index contributed by atoms with van der Waals surface area (Å²) >= 11 is 0. The van der Waals surface area contributed by atoms with Crippen LogP contribution in [0.4, 0.5) is 0 Å². The quantitative estimate of drug-likeness (QED) is 0.142. The number of rotatable bonds is 17. The lowest BCUT2D eigenvalue weighted by molar-refractivity contribution is -0.154. The second kappa shape index (κ2) is 15.1. The largest absolute Gasteiger partial charge is 0.460 e. The molecule has 1 unspecified atom stereocenters. The molecule has 0 N–H and O–H groups in total. The number of carbonyl (C=O) groups excluding carboxylic acids is 2. The standard InChI is InChI=1S/C36H52O5/c1-8-39-25-28-23-31-26(2)22-27-16-13-14-19-30(27)34(31)32(28)24-36(6,7)40-21-15-18-29(37)17-11-9-10-12-20-33(38)41-35(3,4)5/h13-14,16,19,22-23,32H,8-12,15,17-18,20-21,24-25H2,1-7H3. The Kier molecular flexibility index (Phi) is 12.2. The molecule has 3 rings (SSSR count). The van der Waals surface area contributed by atoms with Crippen LogP contribution < -0.4 is 0 Å². The molecule has 1 aliphatic carbocycles. The molecule has 0 radical (unpaired) electrons. The summed E-state index contributed by atoms with van der Waals surface area (Å²) in [6.45, 7) is 16.1. The molecule has 0 fully saturated rings. The summed E-state index contributed by atoms with van der Waals surface area (Å²) in [7, 11) is 0. The number of fused-ring (bicyclic) bond motifs is 3. The number of aryl methyl sites for hydroxylation is 1. The Morgan fingerprint density at radius 1 is 0.902 bits per heavy atom. The van der Waals surface area contributed by atoms with Crippen LogP contribution >= 0.6 is 0 Å². The fourth-order valence-electron chi connectivity index (χ4n) is 5.80. The third-order valence-corrected chi connectivity index (χ3v) is 7.73. The molecule has 0 amide bonds. The van der Waals surface area contributed by atoms with Gasteiger partial charge >= 0.3 is 5.97 Å². The highest BCUT2D eigenvalue weighted by Gasteiger charge is 2.34. The van der Waals surface area contributed by atoms with Crippen LogP contribution in [0.3, 0.4) is 0 Å². The van der Waals surface area contributed by atoms with Gasteiger partial charge in [-0.25, -0.2) is 0 Å². The number of unbranched alkanes of at least 4 members (excludes halogenated alkanes) is 3. The monoisotopic (exact) mass is 564 g/mol. The Morgan fingerprint density at radius 3 is 2.29 bits per heavy atom. The molecule has 0 heterocycles. The fraction of sp³-hybridized carbons (Fsp3) is 0.611. The zero-order valence-electron chi connectivity index (χ0n) is 26.6. The maximum absolute atomic E-state index is 12.4. The molecule has 1 aliphatic rings. The molecule has 226 valence electrons. The highest BCUT2D eigenvalue weighted by molar-refractivity contribution is 5.93. The van der Waals surface area contributed by atoms with Crippen LogP contribution in [0.25, 0.3) is 16.8 Å². The van der Waals surface area contributed by atoms with E-state index in [0.717, 1.165) is 38.5 Å². The van der Waals surface area contributed by atoms with Crippen LogP contribution in [-0.4, -0.2) is 42.8 Å². The van der Waals surface area contributed by atoms with Crippen molar-refractivity contribution in [1.29, 1.82) is 0 Å². The summed E-state index contributed by atoms with van der Waals surface area (Å²) < 4.78 is 17.6. The van der Waals surface area contributed by atoms with Gasteiger partial charge in [-0.15, -0.1) is 0 Å². The minimum atomic E-state index is -0.429. The normalized spacial score (nSPS) is 15.2. The van der Waals surface area contributed by atoms with Gasteiger partial charge in [-0.1, -0.05) is 49.2 Å². The van der Waals surface area contributed by atoms with Crippen molar-refractivity contribution in [3.8, 4) is 0 Å². The number of Topliss-reactive ketones (excluding diaryl/α,β-unsaturated/α-hetero) is 1. The van der Waals surface area contributed by atoms with Crippen LogP contribution in [0.2, 0.25) is 0 Å². The first-order chi connectivity index (χ1) is 19.4. The molecule has 41 heavy (non-hydrogen) atoms. The molecule has 5 heteroatoms. The van der Waals surface area contributed by atoms with E-state index >= 15 is 0 Å². The van der Waals surface area contributed by atoms with Crippen molar-refractivity contribution in [3.05, 3.63) is 52.6 Å². The second-order valence-electron chi connectivity index (χ2n) is 13.1. The SMILES string of the molecule is CCOCC1=Cc2c(C)cc3ccccc3c2C1CC(C)(C)OCCCC(=O)CCCCCCC(=O)OC(C)(C)C. The van der Waals surface area contributed by atoms with Gasteiger partial charge in [-0.05, 0) is 107 Å². The fourth-order valence-corrected chi connectivity index (χ4v) is 5.80. The molecule has 0 aliphatic heterocycles. The third-order valence-electron chi connectivity index (χ3n) is 7.73. The number of benzene rings is 2. The van der Waals surface area contributed by atoms with E-state index in [0.29, 0.717) is 44.9 Å². The number of hydrogen-bond donors (Lipinski definition) is 0. The molecule has 2 aromatic rings. The first-order valence-electron chi connectivity index (χ1n) is 15.6. The lowest BCUT2D eigenvalue weighted by atomic mass is 9.82. The predicted molar refractivity (Wildman–Crippen MR) is 168 cm³/mol. The highest BCUT2D eigenvalue weighted by Crippen LogP contribution is 2.46. The minimum Gasteiger partial charge on any atom is -0.460 e. The van der Waals surface area contributed by atoms with Crippen LogP contribution in [-0.2, 0) is 23.8 Å². The summed E-state index contributed by atoms with van der Waals surface area (Å²) in [6, 6.07) is 10.9. The van der Waals surface area contributed by atoms with Gasteiger partial charge in [0, 0.05) is 38.4 Å². The van der Waals surface area contributed by atoms with Crippen molar-refractivity contribution in [3.63, 3.8) is 0 Å². The van der Waals surface area contributed by atoms with Crippen LogP contribution in [0.5, 0.6) is 0 Å². The molecule has 2 aromatic carbocycles. The number of ether oxygens (including phenoxy) is 3. The molecular weight excluding hydrogens is 512 g/mol. The smallest absolute Gasteiger partial charge is 0.306 e. The van der Waals surface area contributed by atoms with Crippen molar-refractivity contribution in [2.75, 3.05) is 19.8 Å². The van der Waals surface area contributed by atoms with E-state index in [1.165, 1.54) is 33.0 Å². The average molecular weight is 565 g/mol. The lowest BCUT2D eigenvalue weighted by Gasteiger charge is -2.31. The first kappa shape index (κ1) is 33.0. The van der Waals surface area contributed by atoms with Gasteiger partial charge in [0.1, 0.15) is 11.4 Å². The number of ketones is 1. The maximum Gasteiger partial charge on any atom is 0.306 e. The van der Waals surface area contributed by atoms with Gasteiger partial charge in [-0.3, -0.25) is 9.59 Å². The summed E-state index contributed by atoms with van der Waals surface area (Å²) in [6.07, 6.45) is 9.15. The predicted octanol–water partition coefficient (Wildman–Crippen LogP) is 8.88. The Hall–Kier alpha value is -2.50. The molecule has 0 saturated carbocycles. The van der Waals surface area contributed by atoms with Gasteiger partial charge in [0.25, 0.3) is 0 Å². The van der Waals surface area contributed by atoms with Crippen molar-refractivity contribution in [2.24, 2.45) is 0 Å². The average Bonchev–Trinajstić information content (AvgIpc) is 3.24. The van der Waals surface area contributed by atoms with Gasteiger partial charge in [0.05, 0.1) is 12.2 Å². The first-order valence-corrected chi connectivity index (χ1v) is 15.6. The topological polar surface area (TPSA) is 61.8 Å². The van der Waals surface area contributed by atoms with Gasteiger partial charge in [0.15, 0.2) is 0 Å². The van der Waals surface area contributed by atoms with E-state index in [1.54, 1.807) is 0 Å². The van der Waals surface area contributed by atoms with Gasteiger partial charge < -0.3 is 14.2 Å². The Labute approximate surface area is 248 Å². The van der Waals surface area contributed by atoms with Crippen LogP contribution in [0.15, 0.2) is 35.9 Å². The third kappa shape index (κ3) is 10.4. The molecule has 1 atom stereocenters. The van der Waals surface area contributed by atoms with Crippen molar-refractivity contribution >= 4 is 28.6 Å². The van der Waals surface area contributed by atoms with E-state index in [9.17, 15) is 9.59 Å². The Morgan fingerprint density at radius 2 is 1.59 bits per heavy atom.